The number of aryl methyl sites for hydroxylation is 2. The number of hydrogen-bond donors (Lipinski definition) is 1. The highest BCUT2D eigenvalue weighted by Gasteiger charge is 2.27. The molecule has 8 nitrogen and oxygen atoms in total. The van der Waals surface area contributed by atoms with Gasteiger partial charge in [-0.15, -0.1) is 0 Å². The summed E-state index contributed by atoms with van der Waals surface area (Å²) < 4.78 is 0. The van der Waals surface area contributed by atoms with Crippen LogP contribution in [0.2, 0.25) is 0 Å². The van der Waals surface area contributed by atoms with Crippen LogP contribution in [-0.4, -0.2) is 73.0 Å². The van der Waals surface area contributed by atoms with Gasteiger partial charge in [-0.3, -0.25) is 9.69 Å². The van der Waals surface area contributed by atoms with Crippen molar-refractivity contribution in [3.63, 3.8) is 0 Å². The number of hydrogen-bond acceptors (Lipinski definition) is 6. The van der Waals surface area contributed by atoms with E-state index in [4.69, 9.17) is 0 Å². The van der Waals surface area contributed by atoms with Crippen molar-refractivity contribution in [1.82, 2.24) is 14.8 Å². The first-order valence-corrected chi connectivity index (χ1v) is 14.6. The van der Waals surface area contributed by atoms with E-state index in [0.717, 1.165) is 71.7 Å². The van der Waals surface area contributed by atoms with Crippen molar-refractivity contribution in [3.8, 4) is 12.1 Å². The van der Waals surface area contributed by atoms with Crippen LogP contribution in [0.15, 0.2) is 60.8 Å². The molecule has 4 aromatic rings. The molecule has 0 atom stereocenters. The Morgan fingerprint density at radius 2 is 1.52 bits per heavy atom. The SMILES string of the molecule is Cc1cc(C)c(C(=O)N2CCN(c3c(C#N)ccc4cc[nH]c34)CC2)cc1CN1CCN(c2ccccc2C#N)CC1. The number of amides is 1. The van der Waals surface area contributed by atoms with E-state index in [2.05, 4.69) is 50.9 Å². The first kappa shape index (κ1) is 27.4. The minimum Gasteiger partial charge on any atom is -0.368 e. The van der Waals surface area contributed by atoms with Crippen LogP contribution in [0.5, 0.6) is 0 Å². The van der Waals surface area contributed by atoms with Crippen LogP contribution in [-0.2, 0) is 6.54 Å². The Labute approximate surface area is 247 Å². The van der Waals surface area contributed by atoms with Gasteiger partial charge in [0.05, 0.1) is 28.0 Å². The normalized spacial score (nSPS) is 16.0. The Kier molecular flexibility index (Phi) is 7.56. The second-order valence-corrected chi connectivity index (χ2v) is 11.3. The smallest absolute Gasteiger partial charge is 0.254 e. The number of nitrogens with one attached hydrogen (secondary N) is 1. The Morgan fingerprint density at radius 3 is 2.26 bits per heavy atom. The number of nitrogens with zero attached hydrogens (tertiary/aromatic N) is 6. The molecule has 0 aliphatic carbocycles. The van der Waals surface area contributed by atoms with Gasteiger partial charge in [0, 0.05) is 76.0 Å². The van der Waals surface area contributed by atoms with Crippen molar-refractivity contribution in [3.05, 3.63) is 94.2 Å². The van der Waals surface area contributed by atoms with E-state index in [9.17, 15) is 15.3 Å². The van der Waals surface area contributed by atoms with Gasteiger partial charge in [-0.1, -0.05) is 24.3 Å². The van der Waals surface area contributed by atoms with Crippen LogP contribution in [0.3, 0.4) is 0 Å². The summed E-state index contributed by atoms with van der Waals surface area (Å²) >= 11 is 0. The number of nitriles is 2. The van der Waals surface area contributed by atoms with Gasteiger partial charge < -0.3 is 19.7 Å². The predicted molar refractivity (Wildman–Crippen MR) is 166 cm³/mol. The summed E-state index contributed by atoms with van der Waals surface area (Å²) in [6, 6.07) is 22.6. The molecule has 2 aliphatic rings. The molecule has 2 aliphatic heterocycles. The molecule has 42 heavy (non-hydrogen) atoms. The van der Waals surface area contributed by atoms with Crippen LogP contribution in [0.25, 0.3) is 10.9 Å². The molecular formula is C34H35N7O. The number of piperazine rings is 2. The fourth-order valence-corrected chi connectivity index (χ4v) is 6.36. The van der Waals surface area contributed by atoms with Crippen LogP contribution < -0.4 is 9.80 Å². The number of para-hydroxylation sites is 1. The van der Waals surface area contributed by atoms with Gasteiger partial charge in [-0.05, 0) is 60.9 Å². The Bertz CT molecular complexity index is 1710. The number of fused-ring (bicyclic) bond motifs is 1. The number of benzene rings is 3. The highest BCUT2D eigenvalue weighted by atomic mass is 16.2. The summed E-state index contributed by atoms with van der Waals surface area (Å²) in [5.41, 5.74) is 8.45. The summed E-state index contributed by atoms with van der Waals surface area (Å²) in [6.07, 6.45) is 1.90. The highest BCUT2D eigenvalue weighted by Crippen LogP contribution is 2.31. The number of rotatable bonds is 5. The maximum absolute atomic E-state index is 13.8. The topological polar surface area (TPSA) is 93.4 Å². The largest absolute Gasteiger partial charge is 0.368 e. The molecular weight excluding hydrogens is 522 g/mol. The molecule has 0 spiro atoms. The zero-order valence-corrected chi connectivity index (χ0v) is 24.2. The molecule has 1 amide bonds. The van der Waals surface area contributed by atoms with Crippen molar-refractivity contribution in [2.24, 2.45) is 0 Å². The average Bonchev–Trinajstić information content (AvgIpc) is 3.51. The molecule has 212 valence electrons. The second-order valence-electron chi connectivity index (χ2n) is 11.3. The van der Waals surface area contributed by atoms with E-state index >= 15 is 0 Å². The minimum atomic E-state index is 0.0740. The van der Waals surface area contributed by atoms with Gasteiger partial charge in [0.2, 0.25) is 0 Å². The summed E-state index contributed by atoms with van der Waals surface area (Å²) in [5, 5.41) is 20.3. The van der Waals surface area contributed by atoms with Crippen LogP contribution in [0.4, 0.5) is 11.4 Å². The van der Waals surface area contributed by atoms with Crippen LogP contribution >= 0.6 is 0 Å². The third-order valence-electron chi connectivity index (χ3n) is 8.75. The molecule has 1 N–H and O–H groups in total. The number of H-pyrrole nitrogens is 1. The summed E-state index contributed by atoms with van der Waals surface area (Å²) in [5.74, 6) is 0.0740. The summed E-state index contributed by atoms with van der Waals surface area (Å²) in [7, 11) is 0. The zero-order chi connectivity index (χ0) is 29.2. The summed E-state index contributed by atoms with van der Waals surface area (Å²) in [4.78, 5) is 26.0. The third kappa shape index (κ3) is 5.18. The second kappa shape index (κ2) is 11.6. The fraction of sp³-hybridized carbons (Fsp3) is 0.324. The van der Waals surface area contributed by atoms with E-state index in [-0.39, 0.29) is 5.91 Å². The monoisotopic (exact) mass is 557 g/mol. The fourth-order valence-electron chi connectivity index (χ4n) is 6.36. The number of carbonyl (C=O) groups is 1. The molecule has 3 aromatic carbocycles. The lowest BCUT2D eigenvalue weighted by Gasteiger charge is -2.37. The minimum absolute atomic E-state index is 0.0740. The molecule has 0 bridgehead atoms. The number of carbonyl (C=O) groups excluding carboxylic acids is 1. The summed E-state index contributed by atoms with van der Waals surface area (Å²) in [6.45, 7) is 11.0. The van der Waals surface area contributed by atoms with Crippen molar-refractivity contribution in [2.45, 2.75) is 20.4 Å². The molecule has 2 saturated heterocycles. The molecule has 0 saturated carbocycles. The molecule has 6 rings (SSSR count). The van der Waals surface area contributed by atoms with Crippen molar-refractivity contribution in [1.29, 1.82) is 10.5 Å². The predicted octanol–water partition coefficient (Wildman–Crippen LogP) is 4.81. The molecule has 0 unspecified atom stereocenters. The average molecular weight is 558 g/mol. The molecule has 8 heteroatoms. The lowest BCUT2D eigenvalue weighted by Crippen LogP contribution is -2.49. The molecule has 2 fully saturated rings. The lowest BCUT2D eigenvalue weighted by molar-refractivity contribution is 0.0746. The van der Waals surface area contributed by atoms with Gasteiger partial charge in [-0.2, -0.15) is 10.5 Å². The lowest BCUT2D eigenvalue weighted by atomic mass is 9.98. The molecule has 3 heterocycles. The molecule has 0 radical (unpaired) electrons. The van der Waals surface area contributed by atoms with E-state index < -0.39 is 0 Å². The third-order valence-corrected chi connectivity index (χ3v) is 8.75. The first-order valence-electron chi connectivity index (χ1n) is 14.6. The first-order chi connectivity index (χ1) is 20.5. The number of aromatic nitrogens is 1. The van der Waals surface area contributed by atoms with Gasteiger partial charge >= 0.3 is 0 Å². The van der Waals surface area contributed by atoms with Gasteiger partial charge in [0.1, 0.15) is 12.1 Å². The maximum atomic E-state index is 13.8. The van der Waals surface area contributed by atoms with Crippen molar-refractivity contribution in [2.75, 3.05) is 62.2 Å². The van der Waals surface area contributed by atoms with E-state index in [1.165, 1.54) is 11.1 Å². The Balaban J connectivity index is 1.12. The standard InChI is InChI=1S/C34H35N7O/c1-24-19-25(2)30(20-29(24)23-38-11-13-39(14-12-38)31-6-4-3-5-27(31)21-35)34(42)41-17-15-40(16-18-41)33-28(22-36)8-7-26-9-10-37-32(26)33/h3-10,19-20,37H,11-18,23H2,1-2H3. The number of aromatic amines is 1. The van der Waals surface area contributed by atoms with E-state index in [1.807, 2.05) is 60.5 Å². The van der Waals surface area contributed by atoms with E-state index in [0.29, 0.717) is 31.7 Å². The quantitative estimate of drug-likeness (QED) is 0.379. The van der Waals surface area contributed by atoms with Gasteiger partial charge in [0.25, 0.3) is 5.91 Å². The molecule has 1 aromatic heterocycles. The van der Waals surface area contributed by atoms with Crippen molar-refractivity contribution >= 4 is 28.2 Å². The Morgan fingerprint density at radius 1 is 0.810 bits per heavy atom. The Hall–Kier alpha value is -4.79. The highest BCUT2D eigenvalue weighted by molar-refractivity contribution is 5.97. The van der Waals surface area contributed by atoms with Crippen LogP contribution in [0.1, 0.15) is 38.2 Å². The van der Waals surface area contributed by atoms with E-state index in [1.54, 1.807) is 0 Å². The number of anilines is 2. The van der Waals surface area contributed by atoms with Crippen LogP contribution in [0, 0.1) is 36.5 Å². The van der Waals surface area contributed by atoms with Gasteiger partial charge in [0.15, 0.2) is 0 Å². The maximum Gasteiger partial charge on any atom is 0.254 e. The van der Waals surface area contributed by atoms with Crippen molar-refractivity contribution < 1.29 is 4.79 Å². The van der Waals surface area contributed by atoms with Gasteiger partial charge in [-0.25, -0.2) is 0 Å². The zero-order valence-electron chi connectivity index (χ0n) is 24.2.